The Hall–Kier alpha value is -0.750. The highest BCUT2D eigenvalue weighted by atomic mass is 32.1. The normalized spacial score (nSPS) is 11.3. The summed E-state index contributed by atoms with van der Waals surface area (Å²) >= 11 is 3.56. The summed E-state index contributed by atoms with van der Waals surface area (Å²) in [6.45, 7) is 6.08. The molecule has 0 atom stereocenters. The topological polar surface area (TPSA) is 28.2 Å². The second kappa shape index (κ2) is 6.99. The van der Waals surface area contributed by atoms with Gasteiger partial charge in [-0.25, -0.2) is 4.98 Å². The molecular weight excluding hydrogens is 262 g/mol. The van der Waals surface area contributed by atoms with Crippen molar-refractivity contribution in [1.82, 2.24) is 15.2 Å². The van der Waals surface area contributed by atoms with Gasteiger partial charge in [0.2, 0.25) is 0 Å². The third-order valence-corrected chi connectivity index (χ3v) is 4.48. The van der Waals surface area contributed by atoms with Gasteiger partial charge in [-0.3, -0.25) is 4.90 Å². The zero-order valence-electron chi connectivity index (χ0n) is 10.8. The molecule has 0 aliphatic heterocycles. The monoisotopic (exact) mass is 281 g/mol. The minimum absolute atomic E-state index is 0.863. The third kappa shape index (κ3) is 3.88. The van der Waals surface area contributed by atoms with Crippen LogP contribution in [0.2, 0.25) is 0 Å². The van der Waals surface area contributed by atoms with Gasteiger partial charge in [0, 0.05) is 29.9 Å². The van der Waals surface area contributed by atoms with E-state index in [9.17, 15) is 0 Å². The molecule has 0 bridgehead atoms. The fourth-order valence-electron chi connectivity index (χ4n) is 1.79. The molecule has 2 aromatic heterocycles. The first kappa shape index (κ1) is 13.7. The lowest BCUT2D eigenvalue weighted by molar-refractivity contribution is 0.271. The van der Waals surface area contributed by atoms with Crippen molar-refractivity contribution in [3.63, 3.8) is 0 Å². The number of nitrogens with zero attached hydrogens (tertiary/aromatic N) is 2. The first-order valence-corrected chi connectivity index (χ1v) is 7.90. The van der Waals surface area contributed by atoms with E-state index < -0.39 is 0 Å². The van der Waals surface area contributed by atoms with Crippen LogP contribution >= 0.6 is 22.7 Å². The van der Waals surface area contributed by atoms with E-state index in [0.717, 1.165) is 26.2 Å². The maximum Gasteiger partial charge on any atom is 0.107 e. The van der Waals surface area contributed by atoms with E-state index in [2.05, 4.69) is 45.0 Å². The fraction of sp³-hybridized carbons (Fsp3) is 0.462. The first-order valence-electron chi connectivity index (χ1n) is 6.14. The van der Waals surface area contributed by atoms with Crippen molar-refractivity contribution < 1.29 is 0 Å². The Morgan fingerprint density at radius 2 is 2.22 bits per heavy atom. The number of thiazole rings is 1. The van der Waals surface area contributed by atoms with Crippen LogP contribution in [0.1, 0.15) is 22.5 Å². The molecule has 2 heterocycles. The summed E-state index contributed by atoms with van der Waals surface area (Å²) in [6, 6.07) is 4.31. The van der Waals surface area contributed by atoms with Gasteiger partial charge in [0.25, 0.3) is 0 Å². The highest BCUT2D eigenvalue weighted by Gasteiger charge is 2.08. The molecule has 0 spiro atoms. The van der Waals surface area contributed by atoms with E-state index in [1.165, 1.54) is 15.6 Å². The smallest absolute Gasteiger partial charge is 0.107 e. The molecule has 0 unspecified atom stereocenters. The summed E-state index contributed by atoms with van der Waals surface area (Å²) in [5, 5.41) is 8.61. The van der Waals surface area contributed by atoms with Crippen molar-refractivity contribution >= 4 is 22.7 Å². The zero-order valence-corrected chi connectivity index (χ0v) is 12.5. The van der Waals surface area contributed by atoms with Crippen molar-refractivity contribution in [2.75, 3.05) is 13.6 Å². The highest BCUT2D eigenvalue weighted by Crippen LogP contribution is 2.16. The van der Waals surface area contributed by atoms with Crippen LogP contribution in [-0.4, -0.2) is 23.5 Å². The van der Waals surface area contributed by atoms with Crippen LogP contribution in [0.15, 0.2) is 22.9 Å². The molecule has 98 valence electrons. The van der Waals surface area contributed by atoms with Crippen LogP contribution in [0.4, 0.5) is 0 Å². The van der Waals surface area contributed by atoms with Crippen LogP contribution < -0.4 is 5.32 Å². The predicted molar refractivity (Wildman–Crippen MR) is 79.0 cm³/mol. The van der Waals surface area contributed by atoms with Gasteiger partial charge >= 0.3 is 0 Å². The number of nitrogens with one attached hydrogen (secondary N) is 1. The standard InChI is InChI=1S/C13H19N3S2/c1-3-16(9-12-5-4-6-17-12)8-11-10-18-13(15-11)7-14-2/h4-6,10,14H,3,7-9H2,1-2H3. The lowest BCUT2D eigenvalue weighted by atomic mass is 10.3. The molecule has 0 aliphatic carbocycles. The van der Waals surface area contributed by atoms with Crippen molar-refractivity contribution in [2.45, 2.75) is 26.6 Å². The van der Waals surface area contributed by atoms with Crippen LogP contribution in [-0.2, 0) is 19.6 Å². The molecule has 0 aliphatic rings. The van der Waals surface area contributed by atoms with E-state index >= 15 is 0 Å². The Bertz CT molecular complexity index is 451. The SMILES string of the molecule is CCN(Cc1csc(CNC)n1)Cc1cccs1. The molecule has 2 aromatic rings. The summed E-state index contributed by atoms with van der Waals surface area (Å²) in [6.07, 6.45) is 0. The van der Waals surface area contributed by atoms with E-state index in [0.29, 0.717) is 0 Å². The molecule has 0 aromatic carbocycles. The van der Waals surface area contributed by atoms with E-state index in [1.54, 1.807) is 11.3 Å². The van der Waals surface area contributed by atoms with Gasteiger partial charge in [-0.1, -0.05) is 13.0 Å². The molecule has 0 saturated heterocycles. The molecule has 5 heteroatoms. The summed E-state index contributed by atoms with van der Waals surface area (Å²) in [5.41, 5.74) is 1.18. The molecule has 2 rings (SSSR count). The molecule has 1 N–H and O–H groups in total. The van der Waals surface area contributed by atoms with Gasteiger partial charge in [-0.15, -0.1) is 22.7 Å². The third-order valence-electron chi connectivity index (χ3n) is 2.72. The molecule has 0 fully saturated rings. The molecule has 0 saturated carbocycles. The Morgan fingerprint density at radius 1 is 1.33 bits per heavy atom. The van der Waals surface area contributed by atoms with Crippen LogP contribution in [0.5, 0.6) is 0 Å². The molecule has 3 nitrogen and oxygen atoms in total. The van der Waals surface area contributed by atoms with Crippen LogP contribution in [0, 0.1) is 0 Å². The van der Waals surface area contributed by atoms with E-state index in [1.807, 2.05) is 18.4 Å². The number of aromatic nitrogens is 1. The number of hydrogen-bond donors (Lipinski definition) is 1. The highest BCUT2D eigenvalue weighted by molar-refractivity contribution is 7.10. The summed E-state index contributed by atoms with van der Waals surface area (Å²) in [5.74, 6) is 0. The lowest BCUT2D eigenvalue weighted by Crippen LogP contribution is -2.22. The van der Waals surface area contributed by atoms with E-state index in [4.69, 9.17) is 0 Å². The average Bonchev–Trinajstić information content (AvgIpc) is 3.01. The second-order valence-corrected chi connectivity index (χ2v) is 6.12. The summed E-state index contributed by atoms with van der Waals surface area (Å²) in [7, 11) is 1.95. The van der Waals surface area contributed by atoms with Crippen LogP contribution in [0.3, 0.4) is 0 Å². The maximum atomic E-state index is 4.63. The minimum Gasteiger partial charge on any atom is -0.314 e. The molecule has 0 radical (unpaired) electrons. The summed E-state index contributed by atoms with van der Waals surface area (Å²) < 4.78 is 0. The maximum absolute atomic E-state index is 4.63. The molecular formula is C13H19N3S2. The number of hydrogen-bond acceptors (Lipinski definition) is 5. The van der Waals surface area contributed by atoms with Gasteiger partial charge in [0.05, 0.1) is 5.69 Å². The first-order chi connectivity index (χ1) is 8.81. The zero-order chi connectivity index (χ0) is 12.8. The van der Waals surface area contributed by atoms with Crippen molar-refractivity contribution in [2.24, 2.45) is 0 Å². The molecule has 0 amide bonds. The lowest BCUT2D eigenvalue weighted by Gasteiger charge is -2.18. The second-order valence-electron chi connectivity index (χ2n) is 4.15. The fourth-order valence-corrected chi connectivity index (χ4v) is 3.33. The van der Waals surface area contributed by atoms with Gasteiger partial charge in [0.1, 0.15) is 5.01 Å². The summed E-state index contributed by atoms with van der Waals surface area (Å²) in [4.78, 5) is 8.47. The van der Waals surface area contributed by atoms with Crippen molar-refractivity contribution in [3.05, 3.63) is 38.5 Å². The van der Waals surface area contributed by atoms with Gasteiger partial charge < -0.3 is 5.32 Å². The minimum atomic E-state index is 0.863. The Morgan fingerprint density at radius 3 is 2.89 bits per heavy atom. The quantitative estimate of drug-likeness (QED) is 0.846. The van der Waals surface area contributed by atoms with E-state index in [-0.39, 0.29) is 0 Å². The van der Waals surface area contributed by atoms with Crippen molar-refractivity contribution in [1.29, 1.82) is 0 Å². The van der Waals surface area contributed by atoms with Crippen molar-refractivity contribution in [3.8, 4) is 0 Å². The van der Waals surface area contributed by atoms with Crippen LogP contribution in [0.25, 0.3) is 0 Å². The Balaban J connectivity index is 1.92. The number of rotatable bonds is 7. The van der Waals surface area contributed by atoms with Gasteiger partial charge in [-0.2, -0.15) is 0 Å². The Labute approximate surface area is 116 Å². The Kier molecular flexibility index (Phi) is 5.31. The predicted octanol–water partition coefficient (Wildman–Crippen LogP) is 2.95. The molecule has 18 heavy (non-hydrogen) atoms. The number of thiophene rings is 1. The average molecular weight is 281 g/mol. The largest absolute Gasteiger partial charge is 0.314 e. The van der Waals surface area contributed by atoms with Gasteiger partial charge in [-0.05, 0) is 25.0 Å². The van der Waals surface area contributed by atoms with Gasteiger partial charge in [0.15, 0.2) is 0 Å².